The van der Waals surface area contributed by atoms with Gasteiger partial charge in [0.2, 0.25) is 0 Å². The zero-order valence-electron chi connectivity index (χ0n) is 7.26. The molecule has 1 heterocycles. The van der Waals surface area contributed by atoms with E-state index in [-0.39, 0.29) is 11.8 Å². The number of hydrazine groups is 1. The fourth-order valence-electron chi connectivity index (χ4n) is 1.62. The molecule has 0 aromatic carbocycles. The summed E-state index contributed by atoms with van der Waals surface area (Å²) in [6.07, 6.45) is 3.39. The van der Waals surface area contributed by atoms with Crippen molar-refractivity contribution in [2.75, 3.05) is 13.6 Å². The Morgan fingerprint density at radius 1 is 1.55 bits per heavy atom. The van der Waals surface area contributed by atoms with Gasteiger partial charge in [0.05, 0.1) is 6.04 Å². The van der Waals surface area contributed by atoms with Gasteiger partial charge in [-0.1, -0.05) is 6.42 Å². The third-order valence-corrected chi connectivity index (χ3v) is 2.26. The number of carbonyl (C=O) groups excluding carboxylic acids is 1. The van der Waals surface area contributed by atoms with E-state index in [0.717, 1.165) is 13.0 Å². The third-order valence-electron chi connectivity index (χ3n) is 2.26. The first-order chi connectivity index (χ1) is 5.25. The maximum Gasteiger partial charge on any atom is 0.148 e. The highest BCUT2D eigenvalue weighted by Crippen LogP contribution is 2.14. The fraction of sp³-hybridized carbons (Fsp3) is 0.875. The lowest BCUT2D eigenvalue weighted by atomic mass is 10.0. The van der Waals surface area contributed by atoms with Crippen LogP contribution in [0.2, 0.25) is 0 Å². The Morgan fingerprint density at radius 3 is 2.73 bits per heavy atom. The molecule has 3 heteroatoms. The van der Waals surface area contributed by atoms with E-state index in [4.69, 9.17) is 0 Å². The largest absolute Gasteiger partial charge is 0.298 e. The molecule has 1 N–H and O–H groups in total. The first-order valence-corrected chi connectivity index (χ1v) is 4.20. The quantitative estimate of drug-likeness (QED) is 0.634. The van der Waals surface area contributed by atoms with Crippen LogP contribution in [0.25, 0.3) is 0 Å². The smallest absolute Gasteiger partial charge is 0.148 e. The summed E-state index contributed by atoms with van der Waals surface area (Å²) >= 11 is 0. The topological polar surface area (TPSA) is 32.3 Å². The third kappa shape index (κ3) is 2.01. The van der Waals surface area contributed by atoms with Crippen LogP contribution in [0, 0.1) is 0 Å². The Labute approximate surface area is 67.7 Å². The van der Waals surface area contributed by atoms with Gasteiger partial charge in [-0.15, -0.1) is 0 Å². The second-order valence-electron chi connectivity index (χ2n) is 3.04. The van der Waals surface area contributed by atoms with Crippen molar-refractivity contribution in [2.24, 2.45) is 0 Å². The van der Waals surface area contributed by atoms with Crippen LogP contribution in [0.1, 0.15) is 26.2 Å². The van der Waals surface area contributed by atoms with E-state index in [1.807, 2.05) is 12.1 Å². The van der Waals surface area contributed by atoms with Gasteiger partial charge in [0.15, 0.2) is 0 Å². The lowest BCUT2D eigenvalue weighted by Gasteiger charge is -2.32. The minimum Gasteiger partial charge on any atom is -0.298 e. The number of hydrogen-bond acceptors (Lipinski definition) is 3. The van der Waals surface area contributed by atoms with E-state index < -0.39 is 0 Å². The first kappa shape index (κ1) is 8.68. The predicted octanol–water partition coefficient (Wildman–Crippen LogP) is 0.564. The second kappa shape index (κ2) is 3.83. The van der Waals surface area contributed by atoms with Gasteiger partial charge in [0, 0.05) is 6.54 Å². The van der Waals surface area contributed by atoms with Gasteiger partial charge in [0.25, 0.3) is 0 Å². The Hall–Kier alpha value is -0.410. The fourth-order valence-corrected chi connectivity index (χ4v) is 1.62. The van der Waals surface area contributed by atoms with E-state index in [9.17, 15) is 4.79 Å². The SMILES string of the molecule is CNN1CCCCC1C(C)=O. The number of Topliss-reactive ketones (excluding diaryl/α,β-unsaturated/α-hetero) is 1. The molecule has 3 nitrogen and oxygen atoms in total. The monoisotopic (exact) mass is 156 g/mol. The van der Waals surface area contributed by atoms with Crippen molar-refractivity contribution in [3.8, 4) is 0 Å². The Balaban J connectivity index is 2.51. The average Bonchev–Trinajstić information content (AvgIpc) is 2.04. The van der Waals surface area contributed by atoms with Crippen molar-refractivity contribution < 1.29 is 4.79 Å². The highest BCUT2D eigenvalue weighted by Gasteiger charge is 2.24. The molecule has 1 rings (SSSR count). The number of piperidine rings is 1. The molecule has 64 valence electrons. The van der Waals surface area contributed by atoms with E-state index in [0.29, 0.717) is 0 Å². The van der Waals surface area contributed by atoms with Gasteiger partial charge in [0.1, 0.15) is 5.78 Å². The summed E-state index contributed by atoms with van der Waals surface area (Å²) in [5.74, 6) is 0.277. The van der Waals surface area contributed by atoms with Crippen molar-refractivity contribution in [3.05, 3.63) is 0 Å². The molecule has 1 fully saturated rings. The predicted molar refractivity (Wildman–Crippen MR) is 44.1 cm³/mol. The van der Waals surface area contributed by atoms with Crippen LogP contribution in [0.5, 0.6) is 0 Å². The molecule has 1 unspecified atom stereocenters. The highest BCUT2D eigenvalue weighted by molar-refractivity contribution is 5.81. The molecule has 0 bridgehead atoms. The van der Waals surface area contributed by atoms with Crippen molar-refractivity contribution in [2.45, 2.75) is 32.2 Å². The molecule has 0 radical (unpaired) electrons. The first-order valence-electron chi connectivity index (χ1n) is 4.20. The van der Waals surface area contributed by atoms with Crippen LogP contribution in [-0.4, -0.2) is 30.4 Å². The molecule has 1 saturated heterocycles. The highest BCUT2D eigenvalue weighted by atomic mass is 16.1. The molecule has 0 aromatic heterocycles. The lowest BCUT2D eigenvalue weighted by molar-refractivity contribution is -0.124. The molecule has 0 amide bonds. The zero-order chi connectivity index (χ0) is 8.27. The van der Waals surface area contributed by atoms with E-state index in [2.05, 4.69) is 5.43 Å². The molecule has 1 aliphatic rings. The molecule has 0 aliphatic carbocycles. The van der Waals surface area contributed by atoms with Gasteiger partial charge in [-0.05, 0) is 26.8 Å². The maximum absolute atomic E-state index is 11.1. The molecular formula is C8H16N2O. The molecule has 1 aliphatic heterocycles. The number of nitrogens with one attached hydrogen (secondary N) is 1. The number of rotatable bonds is 2. The normalized spacial score (nSPS) is 26.9. The van der Waals surface area contributed by atoms with Crippen LogP contribution < -0.4 is 5.43 Å². The number of carbonyl (C=O) groups is 1. The standard InChI is InChI=1S/C8H16N2O/c1-7(11)8-5-3-4-6-10(8)9-2/h8-9H,3-6H2,1-2H3. The summed E-state index contributed by atoms with van der Waals surface area (Å²) in [4.78, 5) is 11.1. The van der Waals surface area contributed by atoms with Crippen molar-refractivity contribution in [3.63, 3.8) is 0 Å². The summed E-state index contributed by atoms with van der Waals surface area (Å²) in [5.41, 5.74) is 3.05. The van der Waals surface area contributed by atoms with E-state index >= 15 is 0 Å². The minimum atomic E-state index is 0.119. The second-order valence-corrected chi connectivity index (χ2v) is 3.04. The van der Waals surface area contributed by atoms with Crippen LogP contribution in [0.15, 0.2) is 0 Å². The van der Waals surface area contributed by atoms with Crippen molar-refractivity contribution in [1.82, 2.24) is 10.4 Å². The Bertz CT molecular complexity index is 147. The zero-order valence-corrected chi connectivity index (χ0v) is 7.26. The number of ketones is 1. The van der Waals surface area contributed by atoms with Gasteiger partial charge >= 0.3 is 0 Å². The molecule has 1 atom stereocenters. The molecule has 0 saturated carbocycles. The maximum atomic E-state index is 11.1. The van der Waals surface area contributed by atoms with Crippen LogP contribution in [0.4, 0.5) is 0 Å². The summed E-state index contributed by atoms with van der Waals surface area (Å²) in [7, 11) is 1.88. The molecule has 0 spiro atoms. The van der Waals surface area contributed by atoms with Crippen LogP contribution in [0.3, 0.4) is 0 Å². The summed E-state index contributed by atoms with van der Waals surface area (Å²) < 4.78 is 0. The Kier molecular flexibility index (Phi) is 3.02. The summed E-state index contributed by atoms with van der Waals surface area (Å²) in [6, 6.07) is 0.119. The molecule has 11 heavy (non-hydrogen) atoms. The Morgan fingerprint density at radius 2 is 2.27 bits per heavy atom. The molecular weight excluding hydrogens is 140 g/mol. The van der Waals surface area contributed by atoms with E-state index in [1.54, 1.807) is 6.92 Å². The summed E-state index contributed by atoms with van der Waals surface area (Å²) in [5, 5.41) is 2.03. The average molecular weight is 156 g/mol. The van der Waals surface area contributed by atoms with Gasteiger partial charge in [-0.3, -0.25) is 10.2 Å². The van der Waals surface area contributed by atoms with Crippen molar-refractivity contribution >= 4 is 5.78 Å². The summed E-state index contributed by atoms with van der Waals surface area (Å²) in [6.45, 7) is 2.67. The molecule has 0 aromatic rings. The van der Waals surface area contributed by atoms with Crippen molar-refractivity contribution in [1.29, 1.82) is 0 Å². The lowest BCUT2D eigenvalue weighted by Crippen LogP contribution is -2.49. The number of nitrogens with zero attached hydrogens (tertiary/aromatic N) is 1. The number of hydrogen-bond donors (Lipinski definition) is 1. The van der Waals surface area contributed by atoms with Gasteiger partial charge in [-0.25, -0.2) is 5.01 Å². The van der Waals surface area contributed by atoms with Gasteiger partial charge in [-0.2, -0.15) is 0 Å². The van der Waals surface area contributed by atoms with Crippen LogP contribution in [-0.2, 0) is 4.79 Å². The van der Waals surface area contributed by atoms with Crippen LogP contribution >= 0.6 is 0 Å². The van der Waals surface area contributed by atoms with Gasteiger partial charge < -0.3 is 0 Å². The van der Waals surface area contributed by atoms with E-state index in [1.165, 1.54) is 12.8 Å². The minimum absolute atomic E-state index is 0.119.